The first kappa shape index (κ1) is 25.7. The number of nitrogens with zero attached hydrogens (tertiary/aromatic N) is 4. The number of ether oxygens (including phenoxy) is 1. The molecule has 1 heterocycles. The molecule has 0 saturated carbocycles. The van der Waals surface area contributed by atoms with Crippen LogP contribution < -0.4 is 9.62 Å². The van der Waals surface area contributed by atoms with Crippen LogP contribution in [0.5, 0.6) is 0 Å². The zero-order chi connectivity index (χ0) is 26.4. The third kappa shape index (κ3) is 5.73. The second kappa shape index (κ2) is 11.1. The number of sulfonamides is 1. The van der Waals surface area contributed by atoms with Crippen molar-refractivity contribution in [3.8, 4) is 6.07 Å². The summed E-state index contributed by atoms with van der Waals surface area (Å²) in [5, 5.41) is 12.2. The predicted molar refractivity (Wildman–Crippen MR) is 142 cm³/mol. The van der Waals surface area contributed by atoms with Gasteiger partial charge in [-0.1, -0.05) is 18.2 Å². The molecule has 1 aromatic heterocycles. The fraction of sp³-hybridized carbons (Fsp3) is 0.222. The van der Waals surface area contributed by atoms with E-state index >= 15 is 0 Å². The average molecular weight is 518 g/mol. The first-order valence-corrected chi connectivity index (χ1v) is 13.2. The van der Waals surface area contributed by atoms with Crippen molar-refractivity contribution in [3.63, 3.8) is 0 Å². The molecule has 9 nitrogen and oxygen atoms in total. The lowest BCUT2D eigenvalue weighted by molar-refractivity contribution is -0.143. The van der Waals surface area contributed by atoms with Crippen molar-refractivity contribution < 1.29 is 17.9 Å². The van der Waals surface area contributed by atoms with Gasteiger partial charge in [0.15, 0.2) is 0 Å². The van der Waals surface area contributed by atoms with E-state index in [0.29, 0.717) is 29.1 Å². The third-order valence-corrected chi connectivity index (χ3v) is 7.63. The fourth-order valence-electron chi connectivity index (χ4n) is 3.92. The Morgan fingerprint density at radius 2 is 1.84 bits per heavy atom. The van der Waals surface area contributed by atoms with E-state index in [9.17, 15) is 13.2 Å². The van der Waals surface area contributed by atoms with Gasteiger partial charge in [-0.15, -0.1) is 0 Å². The molecule has 0 aliphatic rings. The highest BCUT2D eigenvalue weighted by Gasteiger charge is 2.26. The van der Waals surface area contributed by atoms with Crippen LogP contribution in [0.15, 0.2) is 77.7 Å². The van der Waals surface area contributed by atoms with Crippen LogP contribution in [0.25, 0.3) is 11.0 Å². The number of fused-ring (bicyclic) bond motifs is 1. The number of nitrogens with one attached hydrogen (secondary N) is 1. The van der Waals surface area contributed by atoms with E-state index in [2.05, 4.69) is 16.4 Å². The average Bonchev–Trinajstić information content (AvgIpc) is 3.22. The third-order valence-electron chi connectivity index (χ3n) is 5.80. The number of imidazole rings is 1. The minimum atomic E-state index is -3.95. The number of para-hydroxylation sites is 1. The zero-order valence-corrected chi connectivity index (χ0v) is 21.4. The highest BCUT2D eigenvalue weighted by Crippen LogP contribution is 2.28. The molecule has 0 atom stereocenters. The second-order valence-electron chi connectivity index (χ2n) is 8.28. The van der Waals surface area contributed by atoms with E-state index < -0.39 is 10.0 Å². The number of benzene rings is 3. The maximum Gasteiger partial charge on any atom is 0.305 e. The van der Waals surface area contributed by atoms with E-state index in [-0.39, 0.29) is 30.4 Å². The summed E-state index contributed by atoms with van der Waals surface area (Å²) < 4.78 is 35.6. The topological polar surface area (TPSA) is 117 Å². The Morgan fingerprint density at radius 1 is 1.11 bits per heavy atom. The number of rotatable bonds is 10. The Bertz CT molecular complexity index is 1540. The standard InChI is InChI=1S/C27H27N5O4S/c1-3-36-26(33)10-7-17-32(22-8-5-4-6-9-22)37(34,35)23-15-16-25-24(18-23)30-27(31(25)2)29-21-13-11-20(19-28)12-14-21/h4-6,8-9,11-16,18H,3,7,10,17H2,1-2H3,(H,29,30). The number of nitriles is 1. The SMILES string of the molecule is CCOC(=O)CCCN(c1ccccc1)S(=O)(=O)c1ccc2c(c1)nc(Nc1ccc(C#N)cc1)n2C. The molecule has 37 heavy (non-hydrogen) atoms. The van der Waals surface area contributed by atoms with Crippen LogP contribution in [0.1, 0.15) is 25.3 Å². The van der Waals surface area contributed by atoms with Crippen molar-refractivity contribution in [2.75, 3.05) is 22.8 Å². The number of carbonyl (C=O) groups excluding carboxylic acids is 1. The highest BCUT2D eigenvalue weighted by molar-refractivity contribution is 7.92. The summed E-state index contributed by atoms with van der Waals surface area (Å²) in [4.78, 5) is 16.5. The first-order chi connectivity index (χ1) is 17.8. The summed E-state index contributed by atoms with van der Waals surface area (Å²) in [5.74, 6) is 0.175. The van der Waals surface area contributed by atoms with E-state index in [1.54, 1.807) is 73.7 Å². The van der Waals surface area contributed by atoms with E-state index in [0.717, 1.165) is 11.2 Å². The van der Waals surface area contributed by atoms with Gasteiger partial charge in [0.2, 0.25) is 5.95 Å². The van der Waals surface area contributed by atoms with Gasteiger partial charge in [0.05, 0.1) is 39.9 Å². The summed E-state index contributed by atoms with van der Waals surface area (Å²) in [7, 11) is -2.11. The summed E-state index contributed by atoms with van der Waals surface area (Å²) in [6.45, 7) is 2.14. The first-order valence-electron chi connectivity index (χ1n) is 11.8. The van der Waals surface area contributed by atoms with Gasteiger partial charge >= 0.3 is 5.97 Å². The van der Waals surface area contributed by atoms with Gasteiger partial charge in [0.25, 0.3) is 10.0 Å². The van der Waals surface area contributed by atoms with E-state index in [1.165, 1.54) is 4.31 Å². The summed E-state index contributed by atoms with van der Waals surface area (Å²) in [6, 6.07) is 22.7. The van der Waals surface area contributed by atoms with Crippen LogP contribution in [0.2, 0.25) is 0 Å². The largest absolute Gasteiger partial charge is 0.466 e. The van der Waals surface area contributed by atoms with E-state index in [4.69, 9.17) is 10.00 Å². The molecule has 190 valence electrons. The minimum absolute atomic E-state index is 0.100. The summed E-state index contributed by atoms with van der Waals surface area (Å²) in [6.07, 6.45) is 0.438. The molecule has 1 N–H and O–H groups in total. The van der Waals surface area contributed by atoms with Crippen LogP contribution in [0.4, 0.5) is 17.3 Å². The normalized spacial score (nSPS) is 11.2. The second-order valence-corrected chi connectivity index (χ2v) is 10.1. The van der Waals surface area contributed by atoms with Crippen molar-refractivity contribution in [2.45, 2.75) is 24.7 Å². The lowest BCUT2D eigenvalue weighted by atomic mass is 10.2. The molecule has 10 heteroatoms. The van der Waals surface area contributed by atoms with Crippen molar-refractivity contribution in [2.24, 2.45) is 7.05 Å². The number of esters is 1. The predicted octanol–water partition coefficient (Wildman–Crippen LogP) is 4.73. The smallest absolute Gasteiger partial charge is 0.305 e. The van der Waals surface area contributed by atoms with Crippen LogP contribution in [0.3, 0.4) is 0 Å². The van der Waals surface area contributed by atoms with Crippen LogP contribution >= 0.6 is 0 Å². The molecule has 0 radical (unpaired) electrons. The summed E-state index contributed by atoms with van der Waals surface area (Å²) >= 11 is 0. The molecule has 0 unspecified atom stereocenters. The molecule has 3 aromatic carbocycles. The number of anilines is 3. The van der Waals surface area contributed by atoms with Crippen molar-refractivity contribution >= 4 is 44.3 Å². The van der Waals surface area contributed by atoms with Gasteiger partial charge in [-0.3, -0.25) is 9.10 Å². The minimum Gasteiger partial charge on any atom is -0.466 e. The Hall–Kier alpha value is -4.36. The van der Waals surface area contributed by atoms with Crippen molar-refractivity contribution in [1.29, 1.82) is 5.26 Å². The van der Waals surface area contributed by atoms with E-state index in [1.807, 2.05) is 17.7 Å². The molecule has 0 spiro atoms. The molecular formula is C27H27N5O4S. The highest BCUT2D eigenvalue weighted by atomic mass is 32.2. The van der Waals surface area contributed by atoms with Gasteiger partial charge in [-0.05, 0) is 67.9 Å². The number of aromatic nitrogens is 2. The molecule has 0 aliphatic heterocycles. The molecule has 0 fully saturated rings. The van der Waals surface area contributed by atoms with Gasteiger partial charge in [0, 0.05) is 25.7 Å². The molecule has 0 aliphatic carbocycles. The Labute approximate surface area is 216 Å². The monoisotopic (exact) mass is 517 g/mol. The molecule has 4 rings (SSSR count). The quantitative estimate of drug-likeness (QED) is 0.302. The van der Waals surface area contributed by atoms with Gasteiger partial charge in [-0.25, -0.2) is 13.4 Å². The number of carbonyl (C=O) groups is 1. The summed E-state index contributed by atoms with van der Waals surface area (Å²) in [5.41, 5.74) is 3.08. The van der Waals surface area contributed by atoms with Gasteiger partial charge < -0.3 is 14.6 Å². The van der Waals surface area contributed by atoms with Crippen LogP contribution in [-0.2, 0) is 26.6 Å². The maximum atomic E-state index is 13.8. The molecule has 0 bridgehead atoms. The van der Waals surface area contributed by atoms with Crippen LogP contribution in [0, 0.1) is 11.3 Å². The molecule has 0 saturated heterocycles. The fourth-order valence-corrected chi connectivity index (χ4v) is 5.44. The number of hydrogen-bond acceptors (Lipinski definition) is 7. The lowest BCUT2D eigenvalue weighted by Gasteiger charge is -2.24. The Kier molecular flexibility index (Phi) is 7.74. The maximum absolute atomic E-state index is 13.8. The zero-order valence-electron chi connectivity index (χ0n) is 20.6. The number of hydrogen-bond donors (Lipinski definition) is 1. The molecule has 0 amide bonds. The van der Waals surface area contributed by atoms with Crippen molar-refractivity contribution in [1.82, 2.24) is 9.55 Å². The van der Waals surface area contributed by atoms with Crippen LogP contribution in [-0.4, -0.2) is 37.1 Å². The Balaban J connectivity index is 1.63. The van der Waals surface area contributed by atoms with Gasteiger partial charge in [0.1, 0.15) is 0 Å². The van der Waals surface area contributed by atoms with Crippen molar-refractivity contribution in [3.05, 3.63) is 78.4 Å². The number of aryl methyl sites for hydroxylation is 1. The lowest BCUT2D eigenvalue weighted by Crippen LogP contribution is -2.32. The Morgan fingerprint density at radius 3 is 2.51 bits per heavy atom. The molecular weight excluding hydrogens is 490 g/mol. The molecule has 4 aromatic rings. The van der Waals surface area contributed by atoms with Gasteiger partial charge in [-0.2, -0.15) is 5.26 Å².